The second-order valence-corrected chi connectivity index (χ2v) is 14.9. The fourth-order valence-corrected chi connectivity index (χ4v) is 4.49. The molecule has 1 heterocycles. The van der Waals surface area contributed by atoms with Crippen molar-refractivity contribution in [1.29, 1.82) is 0 Å². The lowest BCUT2D eigenvalue weighted by Gasteiger charge is -2.42. The van der Waals surface area contributed by atoms with Gasteiger partial charge in [-0.05, 0) is 50.5 Å². The molecule has 6 heteroatoms. The van der Waals surface area contributed by atoms with Crippen LogP contribution < -0.4 is 0 Å². The first-order valence-corrected chi connectivity index (χ1v) is 13.0. The highest BCUT2D eigenvalue weighted by molar-refractivity contribution is 7.90. The Morgan fingerprint density at radius 1 is 1.29 bits per heavy atom. The van der Waals surface area contributed by atoms with E-state index in [4.69, 9.17) is 4.43 Å². The van der Waals surface area contributed by atoms with Crippen LogP contribution in [0.2, 0.25) is 18.1 Å². The van der Waals surface area contributed by atoms with Crippen molar-refractivity contribution < 1.29 is 12.8 Å². The third kappa shape index (κ3) is 6.80. The van der Waals surface area contributed by atoms with Crippen LogP contribution in [0, 0.1) is 0 Å². The van der Waals surface area contributed by atoms with Crippen LogP contribution in [0.15, 0.2) is 0 Å². The molecule has 0 aliphatic carbocycles. The number of nitrogens with zero attached hydrogens (tertiary/aromatic N) is 1. The van der Waals surface area contributed by atoms with Gasteiger partial charge >= 0.3 is 0 Å². The molecule has 1 aliphatic rings. The fraction of sp³-hybridized carbons (Fsp3) is 1.00. The zero-order valence-electron chi connectivity index (χ0n) is 14.6. The van der Waals surface area contributed by atoms with Crippen LogP contribution >= 0.6 is 0 Å². The van der Waals surface area contributed by atoms with Crippen molar-refractivity contribution in [3.8, 4) is 0 Å². The summed E-state index contributed by atoms with van der Waals surface area (Å²) in [4.78, 5) is 2.37. The lowest BCUT2D eigenvalue weighted by atomic mass is 10.1. The highest BCUT2D eigenvalue weighted by Crippen LogP contribution is 2.38. The lowest BCUT2D eigenvalue weighted by Crippen LogP contribution is -2.49. The largest absolute Gasteiger partial charge is 0.413 e. The number of piperidine rings is 1. The van der Waals surface area contributed by atoms with E-state index in [1.165, 1.54) is 6.26 Å². The average Bonchev–Trinajstić information content (AvgIpc) is 2.25. The molecule has 1 rings (SSSR count). The molecule has 0 radical (unpaired) electrons. The Bertz CT molecular complexity index is 429. The Morgan fingerprint density at radius 3 is 2.43 bits per heavy atom. The molecule has 1 atom stereocenters. The average molecular weight is 336 g/mol. The monoisotopic (exact) mass is 335 g/mol. The predicted molar refractivity (Wildman–Crippen MR) is 92.1 cm³/mol. The van der Waals surface area contributed by atoms with Crippen LogP contribution in [0.25, 0.3) is 0 Å². The molecule has 4 nitrogen and oxygen atoms in total. The molecule has 0 aromatic heterocycles. The van der Waals surface area contributed by atoms with Gasteiger partial charge in [-0.1, -0.05) is 20.8 Å². The van der Waals surface area contributed by atoms with Gasteiger partial charge in [0.1, 0.15) is 9.84 Å². The van der Waals surface area contributed by atoms with Gasteiger partial charge in [-0.15, -0.1) is 0 Å². The van der Waals surface area contributed by atoms with Crippen molar-refractivity contribution in [2.24, 2.45) is 0 Å². The van der Waals surface area contributed by atoms with Crippen molar-refractivity contribution in [3.05, 3.63) is 0 Å². The molecule has 1 aliphatic heterocycles. The van der Waals surface area contributed by atoms with Crippen molar-refractivity contribution >= 4 is 18.2 Å². The first-order chi connectivity index (χ1) is 9.41. The molecule has 0 aromatic carbocycles. The normalized spacial score (nSPS) is 22.5. The molecule has 0 unspecified atom stereocenters. The molecule has 0 spiro atoms. The van der Waals surface area contributed by atoms with E-state index in [-0.39, 0.29) is 10.8 Å². The molecule has 21 heavy (non-hydrogen) atoms. The van der Waals surface area contributed by atoms with E-state index in [1.807, 2.05) is 0 Å². The topological polar surface area (TPSA) is 46.6 Å². The van der Waals surface area contributed by atoms with Gasteiger partial charge in [-0.3, -0.25) is 0 Å². The SMILES string of the molecule is CC(C)(C)[Si](C)(C)O[C@H]1CCCN(CCCS(C)(=O)=O)C1. The standard InChI is InChI=1S/C15H33NO3SSi/c1-15(2,3)21(5,6)19-14-9-7-10-16(13-14)11-8-12-20(4,17)18/h14H,7-13H2,1-6H3/t14-/m0/s1. The zero-order valence-corrected chi connectivity index (χ0v) is 16.4. The highest BCUT2D eigenvalue weighted by atomic mass is 32.2. The number of sulfone groups is 1. The lowest BCUT2D eigenvalue weighted by molar-refractivity contribution is 0.0783. The minimum Gasteiger partial charge on any atom is -0.413 e. The van der Waals surface area contributed by atoms with Gasteiger partial charge < -0.3 is 9.33 Å². The van der Waals surface area contributed by atoms with E-state index in [0.29, 0.717) is 6.10 Å². The Kier molecular flexibility index (Phi) is 6.48. The molecule has 0 aromatic rings. The van der Waals surface area contributed by atoms with Gasteiger partial charge in [0.25, 0.3) is 0 Å². The third-order valence-electron chi connectivity index (χ3n) is 4.72. The zero-order chi connectivity index (χ0) is 16.3. The van der Waals surface area contributed by atoms with Gasteiger partial charge in [0.2, 0.25) is 0 Å². The minimum atomic E-state index is -2.84. The maximum atomic E-state index is 11.2. The minimum absolute atomic E-state index is 0.242. The quantitative estimate of drug-likeness (QED) is 0.700. The summed E-state index contributed by atoms with van der Waals surface area (Å²) in [6.07, 6.45) is 4.64. The Morgan fingerprint density at radius 2 is 1.90 bits per heavy atom. The van der Waals surface area contributed by atoms with Crippen LogP contribution in [0.1, 0.15) is 40.0 Å². The van der Waals surface area contributed by atoms with Crippen LogP contribution in [-0.4, -0.2) is 59.4 Å². The summed E-state index contributed by atoms with van der Waals surface area (Å²) in [5.74, 6) is 0.289. The van der Waals surface area contributed by atoms with E-state index in [2.05, 4.69) is 38.8 Å². The number of hydrogen-bond acceptors (Lipinski definition) is 4. The molecule has 0 N–H and O–H groups in total. The summed E-state index contributed by atoms with van der Waals surface area (Å²) in [5, 5.41) is 0.242. The summed E-state index contributed by atoms with van der Waals surface area (Å²) in [6.45, 7) is 14.3. The summed E-state index contributed by atoms with van der Waals surface area (Å²) in [6, 6.07) is 0. The maximum Gasteiger partial charge on any atom is 0.192 e. The van der Waals surface area contributed by atoms with E-state index in [0.717, 1.165) is 38.9 Å². The smallest absolute Gasteiger partial charge is 0.192 e. The van der Waals surface area contributed by atoms with Gasteiger partial charge in [0.05, 0.1) is 11.9 Å². The summed E-state index contributed by atoms with van der Waals surface area (Å²) in [5.41, 5.74) is 0. The predicted octanol–water partition coefficient (Wildman–Crippen LogP) is 2.91. The molecular weight excluding hydrogens is 302 g/mol. The molecule has 0 bridgehead atoms. The van der Waals surface area contributed by atoms with Crippen LogP contribution in [0.4, 0.5) is 0 Å². The number of hydrogen-bond donors (Lipinski definition) is 0. The third-order valence-corrected chi connectivity index (χ3v) is 10.3. The Balaban J connectivity index is 2.46. The van der Waals surface area contributed by atoms with Gasteiger partial charge in [0, 0.05) is 12.8 Å². The van der Waals surface area contributed by atoms with Gasteiger partial charge in [-0.25, -0.2) is 8.42 Å². The van der Waals surface area contributed by atoms with Crippen molar-refractivity contribution in [2.45, 2.75) is 64.3 Å². The van der Waals surface area contributed by atoms with Crippen molar-refractivity contribution in [1.82, 2.24) is 4.90 Å². The van der Waals surface area contributed by atoms with Gasteiger partial charge in [-0.2, -0.15) is 0 Å². The van der Waals surface area contributed by atoms with Crippen molar-refractivity contribution in [3.63, 3.8) is 0 Å². The van der Waals surface area contributed by atoms with E-state index in [1.54, 1.807) is 0 Å². The molecule has 1 saturated heterocycles. The highest BCUT2D eigenvalue weighted by Gasteiger charge is 2.39. The van der Waals surface area contributed by atoms with E-state index in [9.17, 15) is 8.42 Å². The first kappa shape index (κ1) is 19.1. The molecule has 0 amide bonds. The fourth-order valence-electron chi connectivity index (χ4n) is 2.46. The summed E-state index contributed by atoms with van der Waals surface area (Å²) in [7, 11) is -4.54. The Labute approximate surface area is 132 Å². The summed E-state index contributed by atoms with van der Waals surface area (Å²) < 4.78 is 28.9. The second kappa shape index (κ2) is 7.11. The van der Waals surface area contributed by atoms with E-state index >= 15 is 0 Å². The molecule has 0 saturated carbocycles. The second-order valence-electron chi connectivity index (χ2n) is 7.93. The first-order valence-electron chi connectivity index (χ1n) is 7.99. The van der Waals surface area contributed by atoms with Crippen LogP contribution in [-0.2, 0) is 14.3 Å². The van der Waals surface area contributed by atoms with E-state index < -0.39 is 18.2 Å². The number of rotatable bonds is 6. The van der Waals surface area contributed by atoms with Crippen molar-refractivity contribution in [2.75, 3.05) is 31.6 Å². The maximum absolute atomic E-state index is 11.2. The summed E-state index contributed by atoms with van der Waals surface area (Å²) >= 11 is 0. The Hall–Kier alpha value is 0.0869. The van der Waals surface area contributed by atoms with Gasteiger partial charge in [0.15, 0.2) is 8.32 Å². The molecule has 126 valence electrons. The molecular formula is C15H33NO3SSi. The van der Waals surface area contributed by atoms with Crippen LogP contribution in [0.3, 0.4) is 0 Å². The molecule has 1 fully saturated rings. The van der Waals surface area contributed by atoms with Crippen LogP contribution in [0.5, 0.6) is 0 Å². The number of likely N-dealkylation sites (tertiary alicyclic amines) is 1.